The highest BCUT2D eigenvalue weighted by Gasteiger charge is 2.34. The lowest BCUT2D eigenvalue weighted by atomic mass is 10.2. The number of aromatic nitrogens is 4. The second-order valence-corrected chi connectivity index (χ2v) is 9.24. The minimum absolute atomic E-state index is 0.0465. The van der Waals surface area contributed by atoms with E-state index < -0.39 is 31.7 Å². The highest BCUT2D eigenvalue weighted by molar-refractivity contribution is 7.92. The number of nitrogens with one attached hydrogen (secondary N) is 1. The molecule has 2 heterocycles. The Labute approximate surface area is 191 Å². The molecule has 172 valence electrons. The summed E-state index contributed by atoms with van der Waals surface area (Å²) in [6.45, 7) is 1.68. The fourth-order valence-corrected chi connectivity index (χ4v) is 4.31. The number of aliphatic hydroxyl groups is 1. The number of nitrogens with zero attached hydrogens (tertiary/aromatic N) is 4. The zero-order chi connectivity index (χ0) is 23.7. The summed E-state index contributed by atoms with van der Waals surface area (Å²) in [5.41, 5.74) is -1.36. The van der Waals surface area contributed by atoms with Gasteiger partial charge in [0.05, 0.1) is 26.2 Å². The zero-order valence-corrected chi connectivity index (χ0v) is 18.6. The molecule has 0 saturated carbocycles. The molecule has 32 heavy (non-hydrogen) atoms. The van der Waals surface area contributed by atoms with Crippen molar-refractivity contribution in [1.29, 1.82) is 0 Å². The van der Waals surface area contributed by atoms with E-state index in [1.54, 1.807) is 11.5 Å². The average Bonchev–Trinajstić information content (AvgIpc) is 3.17. The lowest BCUT2D eigenvalue weighted by Crippen LogP contribution is -2.16. The van der Waals surface area contributed by atoms with Crippen LogP contribution in [0.2, 0.25) is 10.0 Å². The van der Waals surface area contributed by atoms with Gasteiger partial charge in [0, 0.05) is 18.8 Å². The van der Waals surface area contributed by atoms with Crippen molar-refractivity contribution in [2.75, 3.05) is 11.3 Å². The Hall–Kier alpha value is -2.41. The maximum absolute atomic E-state index is 13.2. The number of hydrogen-bond acceptors (Lipinski definition) is 6. The topological polar surface area (TPSA) is 110 Å². The normalized spacial score (nSPS) is 13.2. The van der Waals surface area contributed by atoms with Crippen LogP contribution in [0.3, 0.4) is 0 Å². The standard InChI is InChI=1S/C18H16Cl2F3N5O3S/c1-10(4-5-29)28-9-25-26-17(28)16-15(6-11(19)8-24-16)27-32(30,31)12-2-3-14(20)13(7-12)18(21,22)23/h2-3,6-10,27,29H,4-5H2,1H3. The summed E-state index contributed by atoms with van der Waals surface area (Å²) in [7, 11) is -4.49. The molecule has 1 aromatic carbocycles. The zero-order valence-electron chi connectivity index (χ0n) is 16.3. The molecule has 2 N–H and O–H groups in total. The molecule has 8 nitrogen and oxygen atoms in total. The number of alkyl halides is 3. The van der Waals surface area contributed by atoms with Crippen LogP contribution in [-0.4, -0.2) is 39.9 Å². The maximum atomic E-state index is 13.2. The van der Waals surface area contributed by atoms with E-state index in [1.807, 2.05) is 0 Å². The molecule has 1 atom stereocenters. The highest BCUT2D eigenvalue weighted by Crippen LogP contribution is 2.37. The van der Waals surface area contributed by atoms with Crippen LogP contribution in [0, 0.1) is 0 Å². The molecular formula is C18H16Cl2F3N5O3S. The molecule has 3 aromatic rings. The number of benzene rings is 1. The van der Waals surface area contributed by atoms with Gasteiger partial charge in [0.25, 0.3) is 10.0 Å². The number of halogens is 5. The number of aliphatic hydroxyl groups excluding tert-OH is 1. The van der Waals surface area contributed by atoms with Gasteiger partial charge in [-0.25, -0.2) is 13.4 Å². The van der Waals surface area contributed by atoms with Crippen LogP contribution in [-0.2, 0) is 16.2 Å². The first-order valence-corrected chi connectivity index (χ1v) is 11.2. The Balaban J connectivity index is 2.06. The van der Waals surface area contributed by atoms with Gasteiger partial charge in [-0.05, 0) is 37.6 Å². The predicted octanol–water partition coefficient (Wildman–Crippen LogP) is 4.41. The average molecular weight is 510 g/mol. The van der Waals surface area contributed by atoms with E-state index in [4.69, 9.17) is 23.2 Å². The molecule has 0 saturated heterocycles. The molecule has 14 heteroatoms. The molecule has 0 spiro atoms. The van der Waals surface area contributed by atoms with Gasteiger partial charge in [-0.2, -0.15) is 13.2 Å². The third kappa shape index (κ3) is 5.14. The van der Waals surface area contributed by atoms with Crippen LogP contribution in [0.15, 0.2) is 41.7 Å². The predicted molar refractivity (Wildman–Crippen MR) is 112 cm³/mol. The summed E-state index contributed by atoms with van der Waals surface area (Å²) in [6.07, 6.45) is -1.83. The molecular weight excluding hydrogens is 494 g/mol. The first kappa shape index (κ1) is 24.2. The maximum Gasteiger partial charge on any atom is 0.417 e. The van der Waals surface area contributed by atoms with Crippen LogP contribution in [0.5, 0.6) is 0 Å². The first-order chi connectivity index (χ1) is 14.9. The van der Waals surface area contributed by atoms with E-state index in [2.05, 4.69) is 19.9 Å². The molecule has 3 rings (SSSR count). The van der Waals surface area contributed by atoms with Gasteiger partial charge in [0.1, 0.15) is 12.0 Å². The van der Waals surface area contributed by atoms with Gasteiger partial charge in [-0.1, -0.05) is 23.2 Å². The summed E-state index contributed by atoms with van der Waals surface area (Å²) >= 11 is 11.6. The van der Waals surface area contributed by atoms with Crippen molar-refractivity contribution in [2.45, 2.75) is 30.5 Å². The summed E-state index contributed by atoms with van der Waals surface area (Å²) in [5, 5.41) is 16.4. The van der Waals surface area contributed by atoms with E-state index >= 15 is 0 Å². The molecule has 0 amide bonds. The van der Waals surface area contributed by atoms with Crippen molar-refractivity contribution >= 4 is 38.9 Å². The lowest BCUT2D eigenvalue weighted by Gasteiger charge is -2.17. The van der Waals surface area contributed by atoms with Gasteiger partial charge in [0.2, 0.25) is 0 Å². The number of anilines is 1. The molecule has 0 aliphatic rings. The SMILES string of the molecule is CC(CCO)n1cnnc1-c1ncc(Cl)cc1NS(=O)(=O)c1ccc(Cl)c(C(F)(F)F)c1. The number of sulfonamides is 1. The van der Waals surface area contributed by atoms with Crippen molar-refractivity contribution < 1.29 is 26.7 Å². The highest BCUT2D eigenvalue weighted by atomic mass is 35.5. The van der Waals surface area contributed by atoms with Crippen molar-refractivity contribution in [3.8, 4) is 11.5 Å². The van der Waals surface area contributed by atoms with Crippen molar-refractivity contribution in [2.24, 2.45) is 0 Å². The van der Waals surface area contributed by atoms with E-state index in [9.17, 15) is 26.7 Å². The van der Waals surface area contributed by atoms with Crippen LogP contribution in [0.25, 0.3) is 11.5 Å². The Morgan fingerprint density at radius 2 is 1.97 bits per heavy atom. The second-order valence-electron chi connectivity index (χ2n) is 6.72. The summed E-state index contributed by atoms with van der Waals surface area (Å²) in [6, 6.07) is 3.23. The third-order valence-electron chi connectivity index (χ3n) is 4.46. The smallest absolute Gasteiger partial charge is 0.396 e. The quantitative estimate of drug-likeness (QED) is 0.488. The van der Waals surface area contributed by atoms with Crippen LogP contribution in [0.1, 0.15) is 24.9 Å². The summed E-state index contributed by atoms with van der Waals surface area (Å²) in [4.78, 5) is 3.47. The third-order valence-corrected chi connectivity index (χ3v) is 6.36. The second kappa shape index (κ2) is 9.22. The Kier molecular flexibility index (Phi) is 6.98. The van der Waals surface area contributed by atoms with E-state index in [0.717, 1.165) is 12.1 Å². The van der Waals surface area contributed by atoms with Gasteiger partial charge < -0.3 is 9.67 Å². The molecule has 0 aliphatic carbocycles. The molecule has 0 radical (unpaired) electrons. The Morgan fingerprint density at radius 3 is 2.62 bits per heavy atom. The Morgan fingerprint density at radius 1 is 1.25 bits per heavy atom. The van der Waals surface area contributed by atoms with Crippen LogP contribution >= 0.6 is 23.2 Å². The molecule has 0 bridgehead atoms. The number of pyridine rings is 1. The summed E-state index contributed by atoms with van der Waals surface area (Å²) < 4.78 is 69.0. The van der Waals surface area contributed by atoms with E-state index in [1.165, 1.54) is 18.6 Å². The fourth-order valence-electron chi connectivity index (χ4n) is 2.85. The minimum atomic E-state index is -4.84. The summed E-state index contributed by atoms with van der Waals surface area (Å²) in [5.74, 6) is 0.174. The van der Waals surface area contributed by atoms with Gasteiger partial charge >= 0.3 is 6.18 Å². The molecule has 2 aromatic heterocycles. The molecule has 0 aliphatic heterocycles. The van der Waals surface area contributed by atoms with Crippen LogP contribution in [0.4, 0.5) is 18.9 Å². The fraction of sp³-hybridized carbons (Fsp3) is 0.278. The first-order valence-electron chi connectivity index (χ1n) is 9.00. The number of hydrogen-bond donors (Lipinski definition) is 2. The largest absolute Gasteiger partial charge is 0.417 e. The van der Waals surface area contributed by atoms with Gasteiger partial charge in [-0.3, -0.25) is 4.72 Å². The molecule has 0 fully saturated rings. The molecule has 1 unspecified atom stereocenters. The Bertz CT molecular complexity index is 1230. The van der Waals surface area contributed by atoms with Gasteiger partial charge in [-0.15, -0.1) is 10.2 Å². The van der Waals surface area contributed by atoms with E-state index in [0.29, 0.717) is 12.5 Å². The van der Waals surface area contributed by atoms with Gasteiger partial charge in [0.15, 0.2) is 5.82 Å². The number of rotatable bonds is 7. The van der Waals surface area contributed by atoms with Crippen molar-refractivity contribution in [1.82, 2.24) is 19.7 Å². The monoisotopic (exact) mass is 509 g/mol. The lowest BCUT2D eigenvalue weighted by molar-refractivity contribution is -0.137. The van der Waals surface area contributed by atoms with E-state index in [-0.39, 0.29) is 34.9 Å². The van der Waals surface area contributed by atoms with Crippen molar-refractivity contribution in [3.63, 3.8) is 0 Å². The minimum Gasteiger partial charge on any atom is -0.396 e. The van der Waals surface area contributed by atoms with Crippen LogP contribution < -0.4 is 4.72 Å². The van der Waals surface area contributed by atoms with Crippen molar-refractivity contribution in [3.05, 3.63) is 52.4 Å².